The molecule has 0 aromatic heterocycles. The molecule has 1 rings (SSSR count). The molecule has 96 valence electrons. The minimum atomic E-state index is 0.418. The molecule has 0 bridgehead atoms. The van der Waals surface area contributed by atoms with Crippen molar-refractivity contribution in [1.82, 2.24) is 0 Å². The summed E-state index contributed by atoms with van der Waals surface area (Å²) in [5, 5.41) is 3.43. The summed E-state index contributed by atoms with van der Waals surface area (Å²) in [6.45, 7) is 4.76. The van der Waals surface area contributed by atoms with Crippen LogP contribution in [0.3, 0.4) is 0 Å². The largest absolute Gasteiger partial charge is 0.492 e. The van der Waals surface area contributed by atoms with Crippen molar-refractivity contribution in [3.63, 3.8) is 0 Å². The Labute approximate surface area is 108 Å². The van der Waals surface area contributed by atoms with Gasteiger partial charge in [0.05, 0.1) is 18.0 Å². The summed E-state index contributed by atoms with van der Waals surface area (Å²) in [6.07, 6.45) is 3.25. The zero-order valence-corrected chi connectivity index (χ0v) is 11.6. The number of ether oxygens (including phenoxy) is 1. The molecule has 1 unspecified atom stereocenters. The Morgan fingerprint density at radius 3 is 2.88 bits per heavy atom. The topological polar surface area (TPSA) is 47.3 Å². The number of hydrogen-bond acceptors (Lipinski definition) is 4. The molecule has 0 heterocycles. The molecule has 17 heavy (non-hydrogen) atoms. The molecule has 0 fully saturated rings. The van der Waals surface area contributed by atoms with Gasteiger partial charge in [0, 0.05) is 6.04 Å². The van der Waals surface area contributed by atoms with E-state index in [1.807, 2.05) is 36.9 Å². The van der Waals surface area contributed by atoms with Crippen molar-refractivity contribution in [3.8, 4) is 5.75 Å². The van der Waals surface area contributed by atoms with E-state index in [2.05, 4.69) is 18.5 Å². The summed E-state index contributed by atoms with van der Waals surface area (Å²) in [5.74, 6) is 1.91. The lowest BCUT2D eigenvalue weighted by Gasteiger charge is -2.18. The van der Waals surface area contributed by atoms with Gasteiger partial charge in [0.15, 0.2) is 0 Å². The lowest BCUT2D eigenvalue weighted by atomic mass is 10.2. The van der Waals surface area contributed by atoms with Crippen LogP contribution in [0, 0.1) is 0 Å². The average Bonchev–Trinajstić information content (AvgIpc) is 2.32. The van der Waals surface area contributed by atoms with E-state index in [0.717, 1.165) is 23.6 Å². The van der Waals surface area contributed by atoms with Crippen LogP contribution in [0.15, 0.2) is 18.2 Å². The van der Waals surface area contributed by atoms with Crippen molar-refractivity contribution < 1.29 is 4.74 Å². The summed E-state index contributed by atoms with van der Waals surface area (Å²) >= 11 is 1.86. The lowest BCUT2D eigenvalue weighted by Crippen LogP contribution is -2.17. The van der Waals surface area contributed by atoms with Crippen LogP contribution >= 0.6 is 11.8 Å². The fourth-order valence-corrected chi connectivity index (χ4v) is 2.17. The summed E-state index contributed by atoms with van der Waals surface area (Å²) in [4.78, 5) is 0. The third kappa shape index (κ3) is 4.38. The second-order valence-electron chi connectivity index (χ2n) is 3.98. The number of nitrogens with two attached hydrogens (primary N) is 1. The summed E-state index contributed by atoms with van der Waals surface area (Å²) < 4.78 is 5.47. The quantitative estimate of drug-likeness (QED) is 0.733. The number of para-hydroxylation sites is 1. The van der Waals surface area contributed by atoms with Crippen LogP contribution in [0.1, 0.15) is 20.3 Å². The smallest absolute Gasteiger partial charge is 0.144 e. The Bertz CT molecular complexity index is 344. The van der Waals surface area contributed by atoms with E-state index in [9.17, 15) is 0 Å². The predicted octanol–water partition coefficient (Wildman–Crippen LogP) is 3.22. The van der Waals surface area contributed by atoms with Gasteiger partial charge in [0.1, 0.15) is 5.75 Å². The Hall–Kier alpha value is -1.03. The maximum absolute atomic E-state index is 6.05. The van der Waals surface area contributed by atoms with Gasteiger partial charge in [0.2, 0.25) is 0 Å². The van der Waals surface area contributed by atoms with E-state index in [1.54, 1.807) is 0 Å². The van der Waals surface area contributed by atoms with Crippen molar-refractivity contribution in [3.05, 3.63) is 18.2 Å². The molecule has 1 aromatic rings. The molecule has 4 heteroatoms. The fraction of sp³-hybridized carbons (Fsp3) is 0.538. The molecule has 0 aliphatic heterocycles. The van der Waals surface area contributed by atoms with Crippen molar-refractivity contribution in [2.45, 2.75) is 26.3 Å². The van der Waals surface area contributed by atoms with Gasteiger partial charge in [-0.25, -0.2) is 0 Å². The van der Waals surface area contributed by atoms with Gasteiger partial charge in [0.25, 0.3) is 0 Å². The molecule has 0 amide bonds. The van der Waals surface area contributed by atoms with E-state index in [1.165, 1.54) is 0 Å². The lowest BCUT2D eigenvalue weighted by molar-refractivity contribution is 0.342. The number of nitrogens with one attached hydrogen (secondary N) is 1. The van der Waals surface area contributed by atoms with Gasteiger partial charge >= 0.3 is 0 Å². The van der Waals surface area contributed by atoms with E-state index < -0.39 is 0 Å². The molecular weight excluding hydrogens is 232 g/mol. The van der Waals surface area contributed by atoms with Gasteiger partial charge < -0.3 is 15.8 Å². The SMILES string of the molecule is CCOc1cccc(NC(C)CCSC)c1N. The van der Waals surface area contributed by atoms with Crippen molar-refractivity contribution in [2.24, 2.45) is 0 Å². The molecule has 0 saturated heterocycles. The zero-order chi connectivity index (χ0) is 12.7. The third-order valence-corrected chi connectivity index (χ3v) is 3.17. The van der Waals surface area contributed by atoms with Gasteiger partial charge in [-0.15, -0.1) is 0 Å². The van der Waals surface area contributed by atoms with Crippen LogP contribution in [0.2, 0.25) is 0 Å². The second-order valence-corrected chi connectivity index (χ2v) is 4.96. The second kappa shape index (κ2) is 7.33. The molecule has 0 spiro atoms. The molecule has 3 N–H and O–H groups in total. The van der Waals surface area contributed by atoms with Crippen LogP contribution in [0.5, 0.6) is 5.75 Å². The van der Waals surface area contributed by atoms with Crippen LogP contribution in [-0.2, 0) is 0 Å². The van der Waals surface area contributed by atoms with Crippen molar-refractivity contribution >= 4 is 23.1 Å². The first kappa shape index (κ1) is 14.0. The van der Waals surface area contributed by atoms with Crippen molar-refractivity contribution in [1.29, 1.82) is 0 Å². The van der Waals surface area contributed by atoms with Crippen LogP contribution in [-0.4, -0.2) is 24.7 Å². The molecule has 1 atom stereocenters. The number of anilines is 2. The normalized spacial score (nSPS) is 12.2. The van der Waals surface area contributed by atoms with Crippen molar-refractivity contribution in [2.75, 3.05) is 29.7 Å². The van der Waals surface area contributed by atoms with Gasteiger partial charge in [-0.3, -0.25) is 0 Å². The summed E-state index contributed by atoms with van der Waals surface area (Å²) in [5.41, 5.74) is 7.72. The standard InChI is InChI=1S/C13H22N2OS/c1-4-16-12-7-5-6-11(13(12)14)15-10(2)8-9-17-3/h5-7,10,15H,4,8-9,14H2,1-3H3. The monoisotopic (exact) mass is 254 g/mol. The van der Waals surface area contributed by atoms with Crippen LogP contribution in [0.4, 0.5) is 11.4 Å². The Morgan fingerprint density at radius 1 is 1.47 bits per heavy atom. The molecule has 1 aromatic carbocycles. The van der Waals surface area contributed by atoms with Gasteiger partial charge in [-0.1, -0.05) is 6.07 Å². The van der Waals surface area contributed by atoms with E-state index in [-0.39, 0.29) is 0 Å². The average molecular weight is 254 g/mol. The number of benzene rings is 1. The van der Waals surface area contributed by atoms with E-state index in [0.29, 0.717) is 18.3 Å². The zero-order valence-electron chi connectivity index (χ0n) is 10.8. The Morgan fingerprint density at radius 2 is 2.24 bits per heavy atom. The highest BCUT2D eigenvalue weighted by atomic mass is 32.2. The highest BCUT2D eigenvalue weighted by Crippen LogP contribution is 2.30. The van der Waals surface area contributed by atoms with E-state index >= 15 is 0 Å². The fourth-order valence-electron chi connectivity index (χ4n) is 1.58. The molecule has 0 aliphatic rings. The summed E-state index contributed by atoms with van der Waals surface area (Å²) in [7, 11) is 0. The summed E-state index contributed by atoms with van der Waals surface area (Å²) in [6, 6.07) is 6.27. The maximum atomic E-state index is 6.05. The van der Waals surface area contributed by atoms with Gasteiger partial charge in [-0.2, -0.15) is 11.8 Å². The maximum Gasteiger partial charge on any atom is 0.144 e. The predicted molar refractivity (Wildman–Crippen MR) is 78.1 cm³/mol. The number of thioether (sulfide) groups is 1. The number of rotatable bonds is 7. The number of nitrogen functional groups attached to an aromatic ring is 1. The highest BCUT2D eigenvalue weighted by molar-refractivity contribution is 7.98. The molecule has 0 saturated carbocycles. The first-order valence-electron chi connectivity index (χ1n) is 5.95. The van der Waals surface area contributed by atoms with Gasteiger partial charge in [-0.05, 0) is 44.4 Å². The minimum absolute atomic E-state index is 0.418. The first-order valence-corrected chi connectivity index (χ1v) is 7.35. The molecule has 3 nitrogen and oxygen atoms in total. The Kier molecular flexibility index (Phi) is 6.05. The minimum Gasteiger partial charge on any atom is -0.492 e. The highest BCUT2D eigenvalue weighted by Gasteiger charge is 2.08. The molecular formula is C13H22N2OS. The Balaban J connectivity index is 2.67. The van der Waals surface area contributed by atoms with Crippen LogP contribution < -0.4 is 15.8 Å². The van der Waals surface area contributed by atoms with Crippen LogP contribution in [0.25, 0.3) is 0 Å². The number of hydrogen-bond donors (Lipinski definition) is 2. The first-order chi connectivity index (χ1) is 8.19. The third-order valence-electron chi connectivity index (χ3n) is 2.52. The molecule has 0 aliphatic carbocycles. The molecule has 0 radical (unpaired) electrons. The van der Waals surface area contributed by atoms with E-state index in [4.69, 9.17) is 10.5 Å².